The molecule has 3 rings (SSSR count). The number of esters is 1. The molecule has 1 aliphatic carbocycles. The van der Waals surface area contributed by atoms with Gasteiger partial charge in [0.05, 0.1) is 6.54 Å². The third kappa shape index (κ3) is 3.08. The molecule has 0 atom stereocenters. The molecule has 1 amide bonds. The Morgan fingerprint density at radius 1 is 1.14 bits per heavy atom. The smallest absolute Gasteiger partial charge is 0.341 e. The first-order chi connectivity index (χ1) is 10.6. The van der Waals surface area contributed by atoms with Crippen LogP contribution in [0.5, 0.6) is 5.75 Å². The summed E-state index contributed by atoms with van der Waals surface area (Å²) in [5, 5.41) is 10.0. The molecule has 0 saturated carbocycles. The van der Waals surface area contributed by atoms with Crippen LogP contribution >= 0.6 is 0 Å². The molecule has 5 nitrogen and oxygen atoms in total. The van der Waals surface area contributed by atoms with Gasteiger partial charge >= 0.3 is 5.97 Å². The van der Waals surface area contributed by atoms with Crippen molar-refractivity contribution in [3.8, 4) is 5.75 Å². The number of nitrogens with zero attached hydrogens (tertiary/aromatic N) is 1. The van der Waals surface area contributed by atoms with Crippen molar-refractivity contribution >= 4 is 11.9 Å². The van der Waals surface area contributed by atoms with E-state index in [1.165, 1.54) is 0 Å². The minimum atomic E-state index is -0.516. The van der Waals surface area contributed by atoms with Gasteiger partial charge in [-0.2, -0.15) is 0 Å². The molecule has 1 aromatic carbocycles. The zero-order valence-corrected chi connectivity index (χ0v) is 12.6. The summed E-state index contributed by atoms with van der Waals surface area (Å²) in [6.45, 7) is 1.33. The molecule has 22 heavy (non-hydrogen) atoms. The fourth-order valence-electron chi connectivity index (χ4n) is 3.20. The quantitative estimate of drug-likeness (QED) is 0.865. The molecule has 2 aliphatic rings. The van der Waals surface area contributed by atoms with E-state index in [4.69, 9.17) is 4.74 Å². The molecule has 0 unspecified atom stereocenters. The number of hydrogen-bond donors (Lipinski definition) is 1. The lowest BCUT2D eigenvalue weighted by Crippen LogP contribution is -2.29. The van der Waals surface area contributed by atoms with E-state index in [2.05, 4.69) is 0 Å². The first kappa shape index (κ1) is 14.9. The Morgan fingerprint density at radius 2 is 1.86 bits per heavy atom. The standard InChI is InChI=1S/C17H21NO4/c19-15-11-13-5-2-1-4-12(13)10-14(15)17(21)22-9-8-18-7-3-6-16(18)20/h10-11,19H,1-9H2. The van der Waals surface area contributed by atoms with E-state index < -0.39 is 5.97 Å². The normalized spacial score (nSPS) is 17.5. The highest BCUT2D eigenvalue weighted by atomic mass is 16.5. The predicted octanol–water partition coefficient (Wildman–Crippen LogP) is 2.05. The number of phenolic OH excluding ortho intramolecular Hbond substituents is 1. The van der Waals surface area contributed by atoms with Crippen molar-refractivity contribution in [2.75, 3.05) is 19.7 Å². The van der Waals surface area contributed by atoms with Gasteiger partial charge in [-0.05, 0) is 55.4 Å². The van der Waals surface area contributed by atoms with Gasteiger partial charge in [0.2, 0.25) is 5.91 Å². The van der Waals surface area contributed by atoms with Crippen molar-refractivity contribution in [2.45, 2.75) is 38.5 Å². The number of benzene rings is 1. The number of phenols is 1. The number of aromatic hydroxyl groups is 1. The lowest BCUT2D eigenvalue weighted by atomic mass is 9.90. The number of carbonyl (C=O) groups excluding carboxylic acids is 2. The Morgan fingerprint density at radius 3 is 2.55 bits per heavy atom. The Balaban J connectivity index is 1.61. The van der Waals surface area contributed by atoms with Crippen LogP contribution in [0.25, 0.3) is 0 Å². The van der Waals surface area contributed by atoms with E-state index in [9.17, 15) is 14.7 Å². The largest absolute Gasteiger partial charge is 0.507 e. The van der Waals surface area contributed by atoms with Crippen molar-refractivity contribution in [1.29, 1.82) is 0 Å². The molecule has 0 bridgehead atoms. The number of carbonyl (C=O) groups is 2. The van der Waals surface area contributed by atoms with Gasteiger partial charge in [-0.1, -0.05) is 0 Å². The maximum Gasteiger partial charge on any atom is 0.341 e. The molecule has 1 saturated heterocycles. The maximum absolute atomic E-state index is 12.1. The number of fused-ring (bicyclic) bond motifs is 1. The molecule has 0 spiro atoms. The average Bonchev–Trinajstić information content (AvgIpc) is 2.92. The summed E-state index contributed by atoms with van der Waals surface area (Å²) in [5.41, 5.74) is 2.49. The summed E-state index contributed by atoms with van der Waals surface area (Å²) in [7, 11) is 0. The number of rotatable bonds is 4. The number of likely N-dealkylation sites (tertiary alicyclic amines) is 1. The summed E-state index contributed by atoms with van der Waals surface area (Å²) in [6, 6.07) is 3.45. The van der Waals surface area contributed by atoms with Crippen LogP contribution in [-0.2, 0) is 22.4 Å². The van der Waals surface area contributed by atoms with E-state index in [0.29, 0.717) is 13.0 Å². The van der Waals surface area contributed by atoms with Crippen LogP contribution in [0.1, 0.15) is 47.2 Å². The van der Waals surface area contributed by atoms with Gasteiger partial charge in [-0.15, -0.1) is 0 Å². The monoisotopic (exact) mass is 303 g/mol. The van der Waals surface area contributed by atoms with E-state index in [1.54, 1.807) is 17.0 Å². The van der Waals surface area contributed by atoms with E-state index in [0.717, 1.165) is 49.8 Å². The Hall–Kier alpha value is -2.04. The summed E-state index contributed by atoms with van der Waals surface area (Å²) >= 11 is 0. The Labute approximate surface area is 129 Å². The number of hydrogen-bond acceptors (Lipinski definition) is 4. The molecule has 5 heteroatoms. The van der Waals surface area contributed by atoms with Crippen LogP contribution in [0.15, 0.2) is 12.1 Å². The molecular formula is C17H21NO4. The number of amides is 1. The van der Waals surface area contributed by atoms with Gasteiger partial charge in [-0.3, -0.25) is 4.79 Å². The number of ether oxygens (including phenoxy) is 1. The van der Waals surface area contributed by atoms with Crippen LogP contribution in [-0.4, -0.2) is 41.6 Å². The average molecular weight is 303 g/mol. The van der Waals surface area contributed by atoms with Gasteiger partial charge in [-0.25, -0.2) is 4.79 Å². The van der Waals surface area contributed by atoms with E-state index in [-0.39, 0.29) is 23.8 Å². The Kier molecular flexibility index (Phi) is 4.32. The summed E-state index contributed by atoms with van der Waals surface area (Å²) in [4.78, 5) is 25.3. The van der Waals surface area contributed by atoms with Gasteiger partial charge < -0.3 is 14.7 Å². The van der Waals surface area contributed by atoms with Crippen molar-refractivity contribution < 1.29 is 19.4 Å². The maximum atomic E-state index is 12.1. The topological polar surface area (TPSA) is 66.8 Å². The molecule has 1 fully saturated rings. The lowest BCUT2D eigenvalue weighted by molar-refractivity contribution is -0.128. The van der Waals surface area contributed by atoms with E-state index >= 15 is 0 Å². The second-order valence-electron chi connectivity index (χ2n) is 5.97. The predicted molar refractivity (Wildman–Crippen MR) is 80.8 cm³/mol. The second-order valence-corrected chi connectivity index (χ2v) is 5.97. The molecule has 1 aromatic rings. The molecule has 1 N–H and O–H groups in total. The van der Waals surface area contributed by atoms with Crippen LogP contribution in [0, 0.1) is 0 Å². The summed E-state index contributed by atoms with van der Waals surface area (Å²) in [6.07, 6.45) is 5.59. The molecule has 0 aromatic heterocycles. The molecule has 118 valence electrons. The molecule has 1 aliphatic heterocycles. The van der Waals surface area contributed by atoms with E-state index in [1.807, 2.05) is 0 Å². The first-order valence-corrected chi connectivity index (χ1v) is 7.95. The minimum Gasteiger partial charge on any atom is -0.507 e. The third-order valence-electron chi connectivity index (χ3n) is 4.45. The first-order valence-electron chi connectivity index (χ1n) is 7.95. The van der Waals surface area contributed by atoms with Crippen LogP contribution < -0.4 is 0 Å². The SMILES string of the molecule is O=C(OCCN1CCCC1=O)c1cc2c(cc1O)CCCC2. The number of aryl methyl sites for hydroxylation is 2. The summed E-state index contributed by atoms with van der Waals surface area (Å²) < 4.78 is 5.22. The highest BCUT2D eigenvalue weighted by molar-refractivity contribution is 5.92. The lowest BCUT2D eigenvalue weighted by Gasteiger charge is -2.18. The van der Waals surface area contributed by atoms with Crippen molar-refractivity contribution in [2.24, 2.45) is 0 Å². The van der Waals surface area contributed by atoms with Gasteiger partial charge in [0.1, 0.15) is 17.9 Å². The molecular weight excluding hydrogens is 282 g/mol. The Bertz CT molecular complexity index is 597. The highest BCUT2D eigenvalue weighted by Gasteiger charge is 2.21. The van der Waals surface area contributed by atoms with Gasteiger partial charge in [0.25, 0.3) is 0 Å². The zero-order chi connectivity index (χ0) is 15.5. The third-order valence-corrected chi connectivity index (χ3v) is 4.45. The summed E-state index contributed by atoms with van der Waals surface area (Å²) in [5.74, 6) is -0.409. The second kappa shape index (κ2) is 6.38. The fourth-order valence-corrected chi connectivity index (χ4v) is 3.20. The van der Waals surface area contributed by atoms with Gasteiger partial charge in [0, 0.05) is 13.0 Å². The zero-order valence-electron chi connectivity index (χ0n) is 12.6. The fraction of sp³-hybridized carbons (Fsp3) is 0.529. The van der Waals surface area contributed by atoms with Crippen molar-refractivity contribution in [3.63, 3.8) is 0 Å². The highest BCUT2D eigenvalue weighted by Crippen LogP contribution is 2.28. The molecule has 1 heterocycles. The van der Waals surface area contributed by atoms with Crippen LogP contribution in [0.3, 0.4) is 0 Å². The van der Waals surface area contributed by atoms with Crippen molar-refractivity contribution in [1.82, 2.24) is 4.90 Å². The van der Waals surface area contributed by atoms with Crippen LogP contribution in [0.4, 0.5) is 0 Å². The van der Waals surface area contributed by atoms with Crippen LogP contribution in [0.2, 0.25) is 0 Å². The van der Waals surface area contributed by atoms with Crippen molar-refractivity contribution in [3.05, 3.63) is 28.8 Å². The minimum absolute atomic E-state index is 0.0112. The van der Waals surface area contributed by atoms with Gasteiger partial charge in [0.15, 0.2) is 0 Å². The molecule has 0 radical (unpaired) electrons.